The average Bonchev–Trinajstić information content (AvgIpc) is 3.01. The Morgan fingerprint density at radius 3 is 0.302 bits per heavy atom. The van der Waals surface area contributed by atoms with E-state index in [9.17, 15) is 17.3 Å². The molecule has 16 nitrogen and oxygen atoms in total. The highest BCUT2D eigenvalue weighted by Gasteiger charge is 2.31. The largest absolute Gasteiger partial charge is 0.867 e. The molecule has 0 aromatic carbocycles. The fourth-order valence-corrected chi connectivity index (χ4v) is 14.9. The number of likely N-dealkylation sites (tertiary alicyclic amines) is 8. The van der Waals surface area contributed by atoms with Crippen LogP contribution in [0.2, 0.25) is 0 Å². The number of rotatable bonds is 24. The van der Waals surface area contributed by atoms with E-state index in [1.807, 2.05) is 0 Å². The van der Waals surface area contributed by atoms with Crippen LogP contribution < -0.4 is 40.2 Å². The maximum Gasteiger partial charge on any atom is 0.121 e. The van der Waals surface area contributed by atoms with Gasteiger partial charge >= 0.3 is 0 Å². The highest BCUT2D eigenvalue weighted by Crippen LogP contribution is 2.22. The second-order valence-corrected chi connectivity index (χ2v) is 31.9. The first-order chi connectivity index (χ1) is 45.1. The molecule has 0 spiro atoms. The Morgan fingerprint density at radius 1 is 0.188 bits per heavy atom. The van der Waals surface area contributed by atoms with Crippen molar-refractivity contribution in [2.45, 2.75) is 261 Å². The molecule has 576 valence electrons. The summed E-state index contributed by atoms with van der Waals surface area (Å²) in [5.41, 5.74) is 0. The second-order valence-electron chi connectivity index (χ2n) is 31.9. The van der Waals surface area contributed by atoms with Crippen LogP contribution in [0.3, 0.4) is 0 Å². The molecule has 0 atom stereocenters. The van der Waals surface area contributed by atoms with Gasteiger partial charge in [0, 0.05) is 103 Å². The number of quaternary nitrogens is 8. The lowest BCUT2D eigenvalue weighted by Gasteiger charge is -2.28. The van der Waals surface area contributed by atoms with Gasteiger partial charge in [-0.25, -0.2) is 0 Å². The van der Waals surface area contributed by atoms with Crippen LogP contribution in [0.1, 0.15) is 261 Å². The van der Waals surface area contributed by atoms with Gasteiger partial charge in [-0.15, -0.1) is 0 Å². The fraction of sp³-hybridized carbons (Fsp3) is 1.00. The molecule has 8 saturated heterocycles. The summed E-state index contributed by atoms with van der Waals surface area (Å²) in [5, 5.41) is 66.4. The van der Waals surface area contributed by atoms with Crippen molar-refractivity contribution in [3.05, 3.63) is 0 Å². The first-order valence-corrected chi connectivity index (χ1v) is 39.6. The lowest BCUT2D eigenvalue weighted by molar-refractivity contribution is -0.897. The van der Waals surface area contributed by atoms with Crippen LogP contribution in [0.5, 0.6) is 0 Å². The summed E-state index contributed by atoms with van der Waals surface area (Å²) < 4.78 is 50.4. The Bertz CT molecular complexity index is 1300. The average molecular weight is 1390 g/mol. The Labute approximate surface area is 594 Å². The van der Waals surface area contributed by atoms with E-state index in [1.165, 1.54) is 398 Å². The van der Waals surface area contributed by atoms with Crippen LogP contribution in [0, 0.1) is 0 Å². The van der Waals surface area contributed by atoms with Crippen LogP contribution in [0.25, 0.3) is 0 Å². The molecule has 24 heteroatoms. The van der Waals surface area contributed by atoms with Gasteiger partial charge in [0.05, 0.1) is 213 Å². The zero-order valence-electron chi connectivity index (χ0n) is 66.3. The zero-order chi connectivity index (χ0) is 73.9. The molecule has 0 amide bonds. The maximum absolute atomic E-state index is 9.89. The smallest absolute Gasteiger partial charge is 0.121 e. The Balaban J connectivity index is -0.000000488. The summed E-state index contributed by atoms with van der Waals surface area (Å²) >= 11 is 0. The molecule has 0 saturated carbocycles. The summed E-state index contributed by atoms with van der Waals surface area (Å²) in [7, 11) is 6.58. The quantitative estimate of drug-likeness (QED) is 0.0570. The van der Waals surface area contributed by atoms with Crippen LogP contribution in [0.4, 0.5) is 17.3 Å². The molecule has 0 aromatic heterocycles. The Hall–Kier alpha value is -0.660. The summed E-state index contributed by atoms with van der Waals surface area (Å²) in [4.78, 5) is 0. The van der Waals surface area contributed by atoms with Crippen LogP contribution in [-0.2, 0) is 0 Å². The standard InChI is InChI=1S/8C9H20N.4BFO2/c8*1-3-4-7-10(2)8-5-6-9-10;4*2-1(3)4/h8*3-9H2,1-2H3;;;;/q8*+1;4*-2. The van der Waals surface area contributed by atoms with Crippen LogP contribution in [0.15, 0.2) is 0 Å². The summed E-state index contributed by atoms with van der Waals surface area (Å²) in [6.07, 6.45) is 45.5. The van der Waals surface area contributed by atoms with E-state index in [0.717, 1.165) is 0 Å². The van der Waals surface area contributed by atoms with Crippen molar-refractivity contribution in [3.8, 4) is 0 Å². The number of nitrogens with zero attached hydrogens (tertiary/aromatic N) is 8. The molecular weight excluding hydrogens is 1220 g/mol. The summed E-state index contributed by atoms with van der Waals surface area (Å²) in [6.45, 7) is 52.4. The van der Waals surface area contributed by atoms with Crippen molar-refractivity contribution in [1.82, 2.24) is 0 Å². The van der Waals surface area contributed by atoms with E-state index in [-0.39, 0.29) is 0 Å². The minimum absolute atomic E-state index is 1.36. The molecule has 8 rings (SSSR count). The van der Waals surface area contributed by atoms with Crippen molar-refractivity contribution < 1.29 is 93.3 Å². The van der Waals surface area contributed by atoms with Crippen molar-refractivity contribution in [2.75, 3.05) is 213 Å². The van der Waals surface area contributed by atoms with Gasteiger partial charge in [0.15, 0.2) is 0 Å². The number of halogens is 4. The third-order valence-electron chi connectivity index (χ3n) is 21.6. The molecule has 0 N–H and O–H groups in total. The van der Waals surface area contributed by atoms with Crippen LogP contribution >= 0.6 is 0 Å². The third-order valence-corrected chi connectivity index (χ3v) is 21.6. The predicted octanol–water partition coefficient (Wildman–Crippen LogP) is 6.86. The van der Waals surface area contributed by atoms with E-state index in [4.69, 9.17) is 40.2 Å². The van der Waals surface area contributed by atoms with Gasteiger partial charge in [0.25, 0.3) is 0 Å². The van der Waals surface area contributed by atoms with Gasteiger partial charge in [-0.05, 0) is 51.4 Å². The molecule has 0 aromatic rings. The van der Waals surface area contributed by atoms with Crippen molar-refractivity contribution in [1.29, 1.82) is 0 Å². The molecule has 8 aliphatic rings. The molecule has 0 radical (unpaired) electrons. The minimum Gasteiger partial charge on any atom is -0.867 e. The molecule has 0 aliphatic carbocycles. The topological polar surface area (TPSA) is 184 Å². The molecule has 8 fully saturated rings. The van der Waals surface area contributed by atoms with Gasteiger partial charge in [0.1, 0.15) is 29.6 Å². The van der Waals surface area contributed by atoms with Crippen molar-refractivity contribution in [2.24, 2.45) is 0 Å². The summed E-state index contributed by atoms with van der Waals surface area (Å²) in [5.74, 6) is 0. The number of hydrogen-bond donors (Lipinski definition) is 0. The Morgan fingerprint density at radius 2 is 0.250 bits per heavy atom. The first kappa shape index (κ1) is 102. The molecule has 0 bridgehead atoms. The number of unbranched alkanes of at least 4 members (excludes halogenated alkanes) is 8. The third kappa shape index (κ3) is 64.2. The minimum atomic E-state index is -3.17. The van der Waals surface area contributed by atoms with Crippen molar-refractivity contribution >= 4 is 29.6 Å². The lowest BCUT2D eigenvalue weighted by atomic mass is 10.3. The van der Waals surface area contributed by atoms with E-state index >= 15 is 0 Å². The Kier molecular flexibility index (Phi) is 65.5. The van der Waals surface area contributed by atoms with E-state index in [0.29, 0.717) is 0 Å². The highest BCUT2D eigenvalue weighted by atomic mass is 19.1. The molecule has 96 heavy (non-hydrogen) atoms. The molecule has 8 heterocycles. The normalized spacial score (nSPS) is 20.6. The molecule has 8 aliphatic heterocycles. The first-order valence-electron chi connectivity index (χ1n) is 39.6. The van der Waals surface area contributed by atoms with E-state index in [1.54, 1.807) is 0 Å². The van der Waals surface area contributed by atoms with Gasteiger partial charge in [0.2, 0.25) is 0 Å². The summed E-state index contributed by atoms with van der Waals surface area (Å²) in [6, 6.07) is 0. The molecule has 0 unspecified atom stereocenters. The van der Waals surface area contributed by atoms with Gasteiger partial charge < -0.3 is 93.3 Å². The van der Waals surface area contributed by atoms with E-state index < -0.39 is 29.6 Å². The zero-order valence-corrected chi connectivity index (χ0v) is 66.3. The second kappa shape index (κ2) is 61.8. The van der Waals surface area contributed by atoms with Gasteiger partial charge in [-0.3, -0.25) is 0 Å². The molecular formula is C72H160B4F4N8O8. The predicted molar refractivity (Wildman–Crippen MR) is 387 cm³/mol. The number of hydrogen-bond acceptors (Lipinski definition) is 8. The van der Waals surface area contributed by atoms with Crippen LogP contribution in [-0.4, -0.2) is 279 Å². The van der Waals surface area contributed by atoms with E-state index in [2.05, 4.69) is 112 Å². The lowest BCUT2D eigenvalue weighted by Crippen LogP contribution is -2.41. The van der Waals surface area contributed by atoms with Gasteiger partial charge in [-0.1, -0.05) is 107 Å². The highest BCUT2D eigenvalue weighted by molar-refractivity contribution is 6.27. The van der Waals surface area contributed by atoms with Crippen molar-refractivity contribution in [3.63, 3.8) is 0 Å². The maximum atomic E-state index is 9.89. The van der Waals surface area contributed by atoms with Gasteiger partial charge in [-0.2, -0.15) is 0 Å². The monoisotopic (exact) mass is 1390 g/mol. The fourth-order valence-electron chi connectivity index (χ4n) is 14.9. The SMILES string of the molecule is CCCC[N+]1(C)CCCC1.CCCC[N+]1(C)CCCC1.CCCC[N+]1(C)CCCC1.CCCC[N+]1(C)CCCC1.CCCC[N+]1(C)CCCC1.CCCC[N+]1(C)CCCC1.CCCC[N+]1(C)CCCC1.CCCC[N+]1(C)CCCC1.[O-]B([O-])F.[O-]B([O-])F.[O-]B([O-])F.[O-]B([O-])F.